The Balaban J connectivity index is 1.77. The average Bonchev–Trinajstić information content (AvgIpc) is 2.41. The predicted molar refractivity (Wildman–Crippen MR) is 76.1 cm³/mol. The van der Waals surface area contributed by atoms with Crippen molar-refractivity contribution >= 4 is 0 Å². The SMILES string of the molecule is Cc1cc(C)c2c(c1)CN(Cc1cc[n+]([O-])cc1)CO2. The van der Waals surface area contributed by atoms with Gasteiger partial charge in [0, 0.05) is 30.8 Å². The molecular weight excluding hydrogens is 252 g/mol. The molecule has 1 aromatic carbocycles. The highest BCUT2D eigenvalue weighted by molar-refractivity contribution is 5.44. The van der Waals surface area contributed by atoms with Crippen LogP contribution in [-0.2, 0) is 13.1 Å². The topological polar surface area (TPSA) is 39.4 Å². The Bertz CT molecular complexity index is 623. The highest BCUT2D eigenvalue weighted by atomic mass is 16.5. The molecule has 4 heteroatoms. The summed E-state index contributed by atoms with van der Waals surface area (Å²) < 4.78 is 6.68. The van der Waals surface area contributed by atoms with E-state index in [0.29, 0.717) is 6.73 Å². The summed E-state index contributed by atoms with van der Waals surface area (Å²) in [7, 11) is 0. The van der Waals surface area contributed by atoms with E-state index in [1.165, 1.54) is 29.1 Å². The summed E-state index contributed by atoms with van der Waals surface area (Å²) in [4.78, 5) is 2.23. The minimum absolute atomic E-state index is 0.586. The lowest BCUT2D eigenvalue weighted by atomic mass is 10.0. The fraction of sp³-hybridized carbons (Fsp3) is 0.312. The molecule has 0 saturated carbocycles. The van der Waals surface area contributed by atoms with Crippen molar-refractivity contribution < 1.29 is 9.47 Å². The zero-order valence-electron chi connectivity index (χ0n) is 11.8. The number of aryl methyl sites for hydroxylation is 2. The van der Waals surface area contributed by atoms with Crippen LogP contribution in [0.15, 0.2) is 36.7 Å². The summed E-state index contributed by atoms with van der Waals surface area (Å²) in [6, 6.07) is 8.04. The van der Waals surface area contributed by atoms with Gasteiger partial charge in [0.05, 0.1) is 0 Å². The zero-order valence-corrected chi connectivity index (χ0v) is 11.8. The van der Waals surface area contributed by atoms with Gasteiger partial charge in [-0.05, 0) is 25.0 Å². The van der Waals surface area contributed by atoms with Crippen LogP contribution in [0.25, 0.3) is 0 Å². The summed E-state index contributed by atoms with van der Waals surface area (Å²) in [6.45, 7) is 6.45. The molecular formula is C16H18N2O2. The zero-order chi connectivity index (χ0) is 14.1. The van der Waals surface area contributed by atoms with E-state index in [1.54, 1.807) is 0 Å². The van der Waals surface area contributed by atoms with Crippen molar-refractivity contribution in [3.8, 4) is 5.75 Å². The molecule has 0 aliphatic carbocycles. The van der Waals surface area contributed by atoms with E-state index < -0.39 is 0 Å². The monoisotopic (exact) mass is 270 g/mol. The molecule has 0 N–H and O–H groups in total. The molecule has 104 valence electrons. The summed E-state index contributed by atoms with van der Waals surface area (Å²) >= 11 is 0. The molecule has 1 aromatic heterocycles. The lowest BCUT2D eigenvalue weighted by molar-refractivity contribution is -0.605. The summed E-state index contributed by atoms with van der Waals surface area (Å²) in [5.41, 5.74) is 4.82. The van der Waals surface area contributed by atoms with E-state index in [0.717, 1.165) is 29.1 Å². The fourth-order valence-electron chi connectivity index (χ4n) is 2.72. The number of pyridine rings is 1. The number of benzene rings is 1. The molecule has 0 atom stereocenters. The van der Waals surface area contributed by atoms with Gasteiger partial charge in [-0.2, -0.15) is 4.73 Å². The van der Waals surface area contributed by atoms with Crippen molar-refractivity contribution in [2.75, 3.05) is 6.73 Å². The Kier molecular flexibility index (Phi) is 3.32. The Morgan fingerprint density at radius 1 is 1.25 bits per heavy atom. The maximum absolute atomic E-state index is 11.0. The Morgan fingerprint density at radius 3 is 2.75 bits per heavy atom. The molecule has 0 unspecified atom stereocenters. The molecule has 20 heavy (non-hydrogen) atoms. The molecule has 0 bridgehead atoms. The van der Waals surface area contributed by atoms with E-state index in [4.69, 9.17) is 4.74 Å². The second kappa shape index (κ2) is 5.13. The molecule has 2 aromatic rings. The molecule has 4 nitrogen and oxygen atoms in total. The number of nitrogens with zero attached hydrogens (tertiary/aromatic N) is 2. The van der Waals surface area contributed by atoms with Gasteiger partial charge < -0.3 is 9.94 Å². The maximum atomic E-state index is 11.0. The minimum Gasteiger partial charge on any atom is -0.619 e. The molecule has 0 radical (unpaired) electrons. The first-order chi connectivity index (χ1) is 9.61. The van der Waals surface area contributed by atoms with Gasteiger partial charge in [-0.1, -0.05) is 17.7 Å². The van der Waals surface area contributed by atoms with Crippen LogP contribution in [0.3, 0.4) is 0 Å². The quantitative estimate of drug-likeness (QED) is 0.621. The molecule has 0 spiro atoms. The van der Waals surface area contributed by atoms with Gasteiger partial charge >= 0.3 is 0 Å². The summed E-state index contributed by atoms with van der Waals surface area (Å²) in [5, 5.41) is 11.0. The van der Waals surface area contributed by atoms with Crippen LogP contribution in [0.2, 0.25) is 0 Å². The van der Waals surface area contributed by atoms with Gasteiger partial charge in [0.2, 0.25) is 0 Å². The van der Waals surface area contributed by atoms with Gasteiger partial charge in [-0.15, -0.1) is 0 Å². The van der Waals surface area contributed by atoms with Gasteiger partial charge in [0.25, 0.3) is 0 Å². The van der Waals surface area contributed by atoms with Crippen LogP contribution in [0, 0.1) is 19.1 Å². The summed E-state index contributed by atoms with van der Waals surface area (Å²) in [5.74, 6) is 1.03. The van der Waals surface area contributed by atoms with Crippen molar-refractivity contribution in [1.82, 2.24) is 4.90 Å². The molecule has 0 amide bonds. The Labute approximate surface area is 118 Å². The van der Waals surface area contributed by atoms with Crippen molar-refractivity contribution in [3.05, 3.63) is 64.1 Å². The molecule has 3 rings (SSSR count). The van der Waals surface area contributed by atoms with Gasteiger partial charge in [0.15, 0.2) is 12.4 Å². The van der Waals surface area contributed by atoms with E-state index in [9.17, 15) is 5.21 Å². The number of ether oxygens (including phenoxy) is 1. The standard InChI is InChI=1S/C16H18N2O2/c1-12-7-13(2)16-15(8-12)10-17(11-20-16)9-14-3-5-18(19)6-4-14/h3-8H,9-11H2,1-2H3. The van der Waals surface area contributed by atoms with Crippen LogP contribution in [0.1, 0.15) is 22.3 Å². The van der Waals surface area contributed by atoms with Crippen LogP contribution < -0.4 is 9.47 Å². The van der Waals surface area contributed by atoms with E-state index in [-0.39, 0.29) is 0 Å². The molecule has 1 aliphatic rings. The van der Waals surface area contributed by atoms with Crippen molar-refractivity contribution in [2.24, 2.45) is 0 Å². The fourth-order valence-corrected chi connectivity index (χ4v) is 2.72. The van der Waals surface area contributed by atoms with E-state index in [1.807, 2.05) is 12.1 Å². The normalized spacial score (nSPS) is 14.7. The number of rotatable bonds is 2. The van der Waals surface area contributed by atoms with Gasteiger partial charge in [-0.3, -0.25) is 4.90 Å². The van der Waals surface area contributed by atoms with Crippen molar-refractivity contribution in [2.45, 2.75) is 26.9 Å². The lowest BCUT2D eigenvalue weighted by Gasteiger charge is -2.30. The third-order valence-corrected chi connectivity index (χ3v) is 3.56. The number of aromatic nitrogens is 1. The predicted octanol–water partition coefficient (Wildman–Crippen LogP) is 2.29. The van der Waals surface area contributed by atoms with E-state index in [2.05, 4.69) is 30.9 Å². The largest absolute Gasteiger partial charge is 0.619 e. The average molecular weight is 270 g/mol. The first-order valence-electron chi connectivity index (χ1n) is 6.75. The van der Waals surface area contributed by atoms with Gasteiger partial charge in [-0.25, -0.2) is 0 Å². The number of hydrogen-bond donors (Lipinski definition) is 0. The molecule has 2 heterocycles. The molecule has 1 aliphatic heterocycles. The maximum Gasteiger partial charge on any atom is 0.180 e. The second-order valence-corrected chi connectivity index (χ2v) is 5.40. The summed E-state index contributed by atoms with van der Waals surface area (Å²) in [6.07, 6.45) is 3.06. The van der Waals surface area contributed by atoms with Gasteiger partial charge in [0.1, 0.15) is 12.5 Å². The lowest BCUT2D eigenvalue weighted by Crippen LogP contribution is -2.32. The minimum atomic E-state index is 0.586. The smallest absolute Gasteiger partial charge is 0.180 e. The first kappa shape index (κ1) is 12.9. The van der Waals surface area contributed by atoms with Crippen molar-refractivity contribution in [1.29, 1.82) is 0 Å². The highest BCUT2D eigenvalue weighted by Crippen LogP contribution is 2.30. The highest BCUT2D eigenvalue weighted by Gasteiger charge is 2.19. The third-order valence-electron chi connectivity index (χ3n) is 3.56. The Hall–Kier alpha value is -2.07. The van der Waals surface area contributed by atoms with Crippen LogP contribution in [0.4, 0.5) is 0 Å². The van der Waals surface area contributed by atoms with Crippen LogP contribution >= 0.6 is 0 Å². The first-order valence-corrected chi connectivity index (χ1v) is 6.75. The van der Waals surface area contributed by atoms with Crippen LogP contribution in [0.5, 0.6) is 5.75 Å². The second-order valence-electron chi connectivity index (χ2n) is 5.40. The van der Waals surface area contributed by atoms with E-state index >= 15 is 0 Å². The molecule has 0 saturated heterocycles. The number of hydrogen-bond acceptors (Lipinski definition) is 3. The third kappa shape index (κ3) is 2.60. The Morgan fingerprint density at radius 2 is 2.00 bits per heavy atom. The van der Waals surface area contributed by atoms with Crippen molar-refractivity contribution in [3.63, 3.8) is 0 Å². The number of fused-ring (bicyclic) bond motifs is 1. The molecule has 0 fully saturated rings. The van der Waals surface area contributed by atoms with Crippen LogP contribution in [-0.4, -0.2) is 11.6 Å².